The maximum atomic E-state index is 12.4. The zero-order valence-corrected chi connectivity index (χ0v) is 11.6. The van der Waals surface area contributed by atoms with Crippen LogP contribution in [0.15, 0.2) is 24.3 Å². The topological polar surface area (TPSA) is 32.3 Å². The van der Waals surface area contributed by atoms with Crippen LogP contribution in [0.4, 0.5) is 5.69 Å². The number of nitrogens with one attached hydrogen (secondary N) is 1. The fourth-order valence-electron chi connectivity index (χ4n) is 2.90. The highest BCUT2D eigenvalue weighted by Gasteiger charge is 2.29. The minimum absolute atomic E-state index is 0.208. The zero-order valence-electron chi connectivity index (χ0n) is 11.6. The Morgan fingerprint density at radius 3 is 3.00 bits per heavy atom. The summed E-state index contributed by atoms with van der Waals surface area (Å²) in [6.45, 7) is 3.51. The van der Waals surface area contributed by atoms with Gasteiger partial charge in [0.05, 0.1) is 6.54 Å². The Bertz CT molecular complexity index is 468. The Balaban J connectivity index is 1.63. The molecule has 1 saturated carbocycles. The third-order valence-corrected chi connectivity index (χ3v) is 4.32. The summed E-state index contributed by atoms with van der Waals surface area (Å²) in [4.78, 5) is 14.3. The highest BCUT2D eigenvalue weighted by molar-refractivity contribution is 5.95. The van der Waals surface area contributed by atoms with Crippen LogP contribution >= 0.6 is 0 Å². The first-order valence-corrected chi connectivity index (χ1v) is 7.37. The van der Waals surface area contributed by atoms with Gasteiger partial charge in [-0.25, -0.2) is 0 Å². The molecule has 1 aromatic rings. The van der Waals surface area contributed by atoms with E-state index in [9.17, 15) is 4.79 Å². The standard InChI is InChI=1S/C16H22N2O/c1-12(13-8-9-13)17-11-16(19)18-10-4-6-14-5-2-3-7-15(14)18/h2-3,5,7,12-13,17H,4,6,8-11H2,1H3. The summed E-state index contributed by atoms with van der Waals surface area (Å²) in [5.74, 6) is 1.00. The number of carbonyl (C=O) groups excluding carboxylic acids is 1. The van der Waals surface area contributed by atoms with Gasteiger partial charge in [-0.3, -0.25) is 4.79 Å². The number of fused-ring (bicyclic) bond motifs is 1. The third kappa shape index (κ3) is 2.81. The van der Waals surface area contributed by atoms with Crippen LogP contribution in [0.25, 0.3) is 0 Å². The van der Waals surface area contributed by atoms with Crippen LogP contribution < -0.4 is 10.2 Å². The van der Waals surface area contributed by atoms with Crippen molar-refractivity contribution >= 4 is 11.6 Å². The molecule has 102 valence electrons. The van der Waals surface area contributed by atoms with Gasteiger partial charge in [-0.2, -0.15) is 0 Å². The highest BCUT2D eigenvalue weighted by Crippen LogP contribution is 2.32. The van der Waals surface area contributed by atoms with Gasteiger partial charge in [-0.1, -0.05) is 18.2 Å². The molecule has 0 spiro atoms. The lowest BCUT2D eigenvalue weighted by atomic mass is 10.0. The summed E-state index contributed by atoms with van der Waals surface area (Å²) in [6.07, 6.45) is 4.79. The molecule has 0 radical (unpaired) electrons. The van der Waals surface area contributed by atoms with E-state index in [1.807, 2.05) is 11.0 Å². The van der Waals surface area contributed by atoms with E-state index in [0.29, 0.717) is 12.6 Å². The summed E-state index contributed by atoms with van der Waals surface area (Å²) in [5, 5.41) is 3.38. The van der Waals surface area contributed by atoms with Gasteiger partial charge in [0.25, 0.3) is 0 Å². The van der Waals surface area contributed by atoms with Crippen molar-refractivity contribution < 1.29 is 4.79 Å². The molecule has 1 N–H and O–H groups in total. The van der Waals surface area contributed by atoms with Crippen LogP contribution in [0.5, 0.6) is 0 Å². The van der Waals surface area contributed by atoms with Gasteiger partial charge in [-0.15, -0.1) is 0 Å². The van der Waals surface area contributed by atoms with Crippen LogP contribution in [0.3, 0.4) is 0 Å². The minimum Gasteiger partial charge on any atom is -0.311 e. The summed E-state index contributed by atoms with van der Waals surface area (Å²) in [6, 6.07) is 8.75. The molecule has 2 aliphatic rings. The first-order valence-electron chi connectivity index (χ1n) is 7.37. The average Bonchev–Trinajstić information content (AvgIpc) is 3.28. The van der Waals surface area contributed by atoms with Crippen molar-refractivity contribution in [2.24, 2.45) is 5.92 Å². The largest absolute Gasteiger partial charge is 0.311 e. The van der Waals surface area contributed by atoms with E-state index >= 15 is 0 Å². The van der Waals surface area contributed by atoms with E-state index < -0.39 is 0 Å². The second-order valence-electron chi connectivity index (χ2n) is 5.78. The molecule has 1 heterocycles. The molecule has 1 aliphatic heterocycles. The van der Waals surface area contributed by atoms with Gasteiger partial charge >= 0.3 is 0 Å². The number of carbonyl (C=O) groups is 1. The molecule has 1 fully saturated rings. The SMILES string of the molecule is CC(NCC(=O)N1CCCc2ccccc21)C1CC1. The van der Waals surface area contributed by atoms with Crippen LogP contribution in [-0.4, -0.2) is 25.0 Å². The highest BCUT2D eigenvalue weighted by atomic mass is 16.2. The van der Waals surface area contributed by atoms with Gasteiger partial charge in [0.2, 0.25) is 5.91 Å². The first-order chi connectivity index (χ1) is 9.25. The van der Waals surface area contributed by atoms with E-state index in [1.165, 1.54) is 18.4 Å². The number of rotatable bonds is 4. The van der Waals surface area contributed by atoms with Crippen molar-refractivity contribution in [3.8, 4) is 0 Å². The number of para-hydroxylation sites is 1. The van der Waals surface area contributed by atoms with Gasteiger partial charge in [0.15, 0.2) is 0 Å². The zero-order chi connectivity index (χ0) is 13.2. The van der Waals surface area contributed by atoms with Crippen LogP contribution in [0.2, 0.25) is 0 Å². The molecular weight excluding hydrogens is 236 g/mol. The lowest BCUT2D eigenvalue weighted by molar-refractivity contribution is -0.118. The Labute approximate surface area is 115 Å². The van der Waals surface area contributed by atoms with E-state index in [4.69, 9.17) is 0 Å². The molecule has 0 saturated heterocycles. The Morgan fingerprint density at radius 1 is 1.42 bits per heavy atom. The normalized spacial score (nSPS) is 19.9. The molecule has 3 nitrogen and oxygen atoms in total. The van der Waals surface area contributed by atoms with E-state index in [2.05, 4.69) is 30.4 Å². The summed E-state index contributed by atoms with van der Waals surface area (Å²) in [5.41, 5.74) is 2.41. The third-order valence-electron chi connectivity index (χ3n) is 4.32. The van der Waals surface area contributed by atoms with Gasteiger partial charge in [0, 0.05) is 18.3 Å². The van der Waals surface area contributed by atoms with Crippen LogP contribution in [0.1, 0.15) is 31.7 Å². The van der Waals surface area contributed by atoms with Gasteiger partial charge in [0.1, 0.15) is 0 Å². The van der Waals surface area contributed by atoms with Crippen molar-refractivity contribution in [1.29, 1.82) is 0 Å². The predicted molar refractivity (Wildman–Crippen MR) is 77.3 cm³/mol. The van der Waals surface area contributed by atoms with Crippen molar-refractivity contribution in [2.75, 3.05) is 18.0 Å². The molecule has 19 heavy (non-hydrogen) atoms. The number of anilines is 1. The van der Waals surface area contributed by atoms with Crippen molar-refractivity contribution in [2.45, 2.75) is 38.6 Å². The lowest BCUT2D eigenvalue weighted by Gasteiger charge is -2.30. The molecule has 1 aromatic carbocycles. The van der Waals surface area contributed by atoms with E-state index in [-0.39, 0.29) is 5.91 Å². The molecule has 1 aliphatic carbocycles. The summed E-state index contributed by atoms with van der Waals surface area (Å²) < 4.78 is 0. The number of aryl methyl sites for hydroxylation is 1. The van der Waals surface area contributed by atoms with E-state index in [0.717, 1.165) is 31.0 Å². The number of amides is 1. The quantitative estimate of drug-likeness (QED) is 0.899. The Kier molecular flexibility index (Phi) is 3.56. The van der Waals surface area contributed by atoms with Crippen molar-refractivity contribution in [3.63, 3.8) is 0 Å². The second-order valence-corrected chi connectivity index (χ2v) is 5.78. The monoisotopic (exact) mass is 258 g/mol. The number of benzene rings is 1. The lowest BCUT2D eigenvalue weighted by Crippen LogP contribution is -2.43. The summed E-state index contributed by atoms with van der Waals surface area (Å²) in [7, 11) is 0. The van der Waals surface area contributed by atoms with Gasteiger partial charge < -0.3 is 10.2 Å². The minimum atomic E-state index is 0.208. The summed E-state index contributed by atoms with van der Waals surface area (Å²) >= 11 is 0. The maximum Gasteiger partial charge on any atom is 0.240 e. The molecule has 1 unspecified atom stereocenters. The predicted octanol–water partition coefficient (Wildman–Crippen LogP) is 2.35. The maximum absolute atomic E-state index is 12.4. The second kappa shape index (κ2) is 5.33. The van der Waals surface area contributed by atoms with Crippen molar-refractivity contribution in [1.82, 2.24) is 5.32 Å². The van der Waals surface area contributed by atoms with Crippen LogP contribution in [-0.2, 0) is 11.2 Å². The molecule has 1 atom stereocenters. The number of nitrogens with zero attached hydrogens (tertiary/aromatic N) is 1. The molecular formula is C16H22N2O. The molecule has 1 amide bonds. The smallest absolute Gasteiger partial charge is 0.240 e. The fraction of sp³-hybridized carbons (Fsp3) is 0.562. The molecule has 3 heteroatoms. The molecule has 0 aromatic heterocycles. The first kappa shape index (κ1) is 12.7. The van der Waals surface area contributed by atoms with Gasteiger partial charge in [-0.05, 0) is 50.2 Å². The van der Waals surface area contributed by atoms with E-state index in [1.54, 1.807) is 0 Å². The average molecular weight is 258 g/mol. The number of hydrogen-bond donors (Lipinski definition) is 1. The molecule has 3 rings (SSSR count). The Morgan fingerprint density at radius 2 is 2.21 bits per heavy atom. The van der Waals surface area contributed by atoms with Crippen LogP contribution in [0, 0.1) is 5.92 Å². The number of hydrogen-bond acceptors (Lipinski definition) is 2. The fourth-order valence-corrected chi connectivity index (χ4v) is 2.90. The van der Waals surface area contributed by atoms with Crippen molar-refractivity contribution in [3.05, 3.63) is 29.8 Å². The Hall–Kier alpha value is -1.35. The molecule has 0 bridgehead atoms.